The van der Waals surface area contributed by atoms with Gasteiger partial charge >= 0.3 is 0 Å². The van der Waals surface area contributed by atoms with Crippen molar-refractivity contribution in [2.45, 2.75) is 0 Å². The summed E-state index contributed by atoms with van der Waals surface area (Å²) in [4.78, 5) is 29.9. The Hall–Kier alpha value is -4.81. The lowest BCUT2D eigenvalue weighted by Crippen LogP contribution is -2.18. The molecule has 0 aliphatic heterocycles. The van der Waals surface area contributed by atoms with E-state index in [0.29, 0.717) is 11.1 Å². The van der Waals surface area contributed by atoms with Crippen LogP contribution >= 0.6 is 15.9 Å². The summed E-state index contributed by atoms with van der Waals surface area (Å²) < 4.78 is 2.65. The van der Waals surface area contributed by atoms with E-state index in [1.54, 1.807) is 10.8 Å². The molecule has 6 rings (SSSR count). The number of allylic oxidation sites excluding steroid dienone is 1. The predicted octanol–water partition coefficient (Wildman–Crippen LogP) is 7.71. The molecule has 6 aromatic rings. The lowest BCUT2D eigenvalue weighted by Gasteiger charge is -2.11. The number of ketones is 1. The Balaban J connectivity index is 1.49. The van der Waals surface area contributed by atoms with E-state index in [1.165, 1.54) is 6.08 Å². The summed E-state index contributed by atoms with van der Waals surface area (Å²) in [6, 6.07) is 34.8. The summed E-state index contributed by atoms with van der Waals surface area (Å²) in [6.07, 6.45) is 5.08. The fourth-order valence-corrected chi connectivity index (χ4v) is 5.06. The van der Waals surface area contributed by atoms with Gasteiger partial charge in [0.15, 0.2) is 5.78 Å². The van der Waals surface area contributed by atoms with Gasteiger partial charge in [-0.1, -0.05) is 94.8 Å². The maximum Gasteiger partial charge on any atom is 0.260 e. The maximum absolute atomic E-state index is 13.7. The standard InChI is InChI=1S/C33H22BrN3O2/c34-25-17-18-28-27(20-25)30(22-10-4-1-5-11-22)31(33(39)35-28)29(38)19-16-24-21-37(26-14-8-3-9-15-26)36-32(24)23-12-6-2-7-13-23/h1-21H,(H,35,39). The van der Waals surface area contributed by atoms with Gasteiger partial charge in [-0.05, 0) is 48.0 Å². The first-order chi connectivity index (χ1) is 19.1. The molecule has 0 unspecified atom stereocenters. The molecule has 5 nitrogen and oxygen atoms in total. The third kappa shape index (κ3) is 4.90. The van der Waals surface area contributed by atoms with Crippen molar-refractivity contribution in [3.63, 3.8) is 0 Å². The van der Waals surface area contributed by atoms with E-state index in [2.05, 4.69) is 20.9 Å². The van der Waals surface area contributed by atoms with Crippen molar-refractivity contribution in [2.75, 3.05) is 0 Å². The van der Waals surface area contributed by atoms with Crippen LogP contribution < -0.4 is 5.56 Å². The third-order valence-electron chi connectivity index (χ3n) is 6.51. The van der Waals surface area contributed by atoms with Crippen molar-refractivity contribution >= 4 is 38.7 Å². The number of benzene rings is 4. The summed E-state index contributed by atoms with van der Waals surface area (Å²) in [6.45, 7) is 0. The second kappa shape index (κ2) is 10.5. The Bertz CT molecular complexity index is 1890. The number of carbonyl (C=O) groups excluding carboxylic acids is 1. The molecule has 39 heavy (non-hydrogen) atoms. The van der Waals surface area contributed by atoms with Crippen LogP contribution in [0.2, 0.25) is 0 Å². The minimum absolute atomic E-state index is 0.0970. The average molecular weight is 572 g/mol. The van der Waals surface area contributed by atoms with E-state index in [1.807, 2.05) is 115 Å². The van der Waals surface area contributed by atoms with Gasteiger partial charge in [0.2, 0.25) is 0 Å². The molecule has 2 aromatic heterocycles. The molecule has 0 fully saturated rings. The van der Waals surface area contributed by atoms with Crippen molar-refractivity contribution in [2.24, 2.45) is 0 Å². The first-order valence-electron chi connectivity index (χ1n) is 12.4. The van der Waals surface area contributed by atoms with Crippen LogP contribution in [0.1, 0.15) is 15.9 Å². The van der Waals surface area contributed by atoms with Crippen LogP contribution in [0.4, 0.5) is 0 Å². The second-order valence-electron chi connectivity index (χ2n) is 9.04. The van der Waals surface area contributed by atoms with E-state index in [-0.39, 0.29) is 11.3 Å². The van der Waals surface area contributed by atoms with Gasteiger partial charge in [-0.25, -0.2) is 4.68 Å². The highest BCUT2D eigenvalue weighted by Gasteiger charge is 2.20. The number of nitrogens with one attached hydrogen (secondary N) is 1. The number of rotatable bonds is 6. The fraction of sp³-hybridized carbons (Fsp3) is 0. The first-order valence-corrected chi connectivity index (χ1v) is 13.2. The Morgan fingerprint density at radius 2 is 1.46 bits per heavy atom. The summed E-state index contributed by atoms with van der Waals surface area (Å²) in [5.41, 5.74) is 5.07. The molecular weight excluding hydrogens is 550 g/mol. The highest BCUT2D eigenvalue weighted by molar-refractivity contribution is 9.10. The van der Waals surface area contributed by atoms with Crippen LogP contribution in [-0.4, -0.2) is 20.5 Å². The number of hydrogen-bond acceptors (Lipinski definition) is 3. The Morgan fingerprint density at radius 1 is 0.821 bits per heavy atom. The minimum Gasteiger partial charge on any atom is -0.321 e. The summed E-state index contributed by atoms with van der Waals surface area (Å²) >= 11 is 3.53. The van der Waals surface area contributed by atoms with Crippen LogP contribution in [0.25, 0.3) is 45.1 Å². The van der Waals surface area contributed by atoms with Crippen LogP contribution in [0.15, 0.2) is 131 Å². The van der Waals surface area contributed by atoms with E-state index < -0.39 is 5.56 Å². The smallest absolute Gasteiger partial charge is 0.260 e. The van der Waals surface area contributed by atoms with E-state index in [9.17, 15) is 9.59 Å². The molecule has 2 heterocycles. The SMILES string of the molecule is O=C(C=Cc1cn(-c2ccccc2)nc1-c1ccccc1)c1c(-c2ccccc2)c2cc(Br)ccc2[nH]c1=O. The van der Waals surface area contributed by atoms with Gasteiger partial charge in [-0.2, -0.15) is 5.10 Å². The van der Waals surface area contributed by atoms with Gasteiger partial charge in [0.1, 0.15) is 0 Å². The molecule has 6 heteroatoms. The molecular formula is C33H22BrN3O2. The monoisotopic (exact) mass is 571 g/mol. The molecule has 0 spiro atoms. The van der Waals surface area contributed by atoms with Crippen molar-refractivity contribution < 1.29 is 4.79 Å². The first kappa shape index (κ1) is 24.5. The highest BCUT2D eigenvalue weighted by Crippen LogP contribution is 2.32. The van der Waals surface area contributed by atoms with Crippen molar-refractivity contribution in [1.82, 2.24) is 14.8 Å². The Labute approximate surface area is 233 Å². The number of carbonyl (C=O) groups is 1. The van der Waals surface area contributed by atoms with Gasteiger partial charge < -0.3 is 4.98 Å². The van der Waals surface area contributed by atoms with Gasteiger partial charge in [-0.15, -0.1) is 0 Å². The molecule has 0 radical (unpaired) electrons. The largest absolute Gasteiger partial charge is 0.321 e. The van der Waals surface area contributed by atoms with Crippen LogP contribution in [-0.2, 0) is 0 Å². The van der Waals surface area contributed by atoms with Gasteiger partial charge in [0.25, 0.3) is 5.56 Å². The van der Waals surface area contributed by atoms with Crippen molar-refractivity contribution in [3.05, 3.63) is 147 Å². The average Bonchev–Trinajstić information content (AvgIpc) is 3.41. The maximum atomic E-state index is 13.7. The molecule has 0 bridgehead atoms. The molecule has 4 aromatic carbocycles. The number of hydrogen-bond donors (Lipinski definition) is 1. The summed E-state index contributed by atoms with van der Waals surface area (Å²) in [5.74, 6) is -0.386. The molecule has 0 atom stereocenters. The second-order valence-corrected chi connectivity index (χ2v) is 9.95. The molecule has 0 amide bonds. The zero-order valence-electron chi connectivity index (χ0n) is 20.7. The normalized spacial score (nSPS) is 11.3. The van der Waals surface area contributed by atoms with Gasteiger partial charge in [0.05, 0.1) is 16.9 Å². The zero-order valence-corrected chi connectivity index (χ0v) is 22.3. The number of H-pyrrole nitrogens is 1. The Kier molecular flexibility index (Phi) is 6.61. The van der Waals surface area contributed by atoms with Crippen LogP contribution in [0, 0.1) is 0 Å². The van der Waals surface area contributed by atoms with E-state index >= 15 is 0 Å². The number of para-hydroxylation sites is 1. The number of aromatic amines is 1. The molecule has 0 aliphatic carbocycles. The number of pyridine rings is 1. The number of halogens is 1. The molecule has 188 valence electrons. The zero-order chi connectivity index (χ0) is 26.8. The lowest BCUT2D eigenvalue weighted by molar-refractivity contribution is 0.104. The summed E-state index contributed by atoms with van der Waals surface area (Å²) in [5, 5.41) is 5.60. The van der Waals surface area contributed by atoms with Gasteiger partial charge in [-0.3, -0.25) is 9.59 Å². The number of aromatic nitrogens is 3. The summed E-state index contributed by atoms with van der Waals surface area (Å²) in [7, 11) is 0. The predicted molar refractivity (Wildman–Crippen MR) is 160 cm³/mol. The fourth-order valence-electron chi connectivity index (χ4n) is 4.70. The van der Waals surface area contributed by atoms with Gasteiger partial charge in [0, 0.05) is 38.3 Å². The topological polar surface area (TPSA) is 67.8 Å². The number of nitrogens with zero attached hydrogens (tertiary/aromatic N) is 2. The van der Waals surface area contributed by atoms with E-state index in [0.717, 1.165) is 37.9 Å². The molecule has 0 aliphatic rings. The Morgan fingerprint density at radius 3 is 2.15 bits per heavy atom. The lowest BCUT2D eigenvalue weighted by atomic mass is 9.94. The van der Waals surface area contributed by atoms with E-state index in [4.69, 9.17) is 5.10 Å². The third-order valence-corrected chi connectivity index (χ3v) is 7.00. The van der Waals surface area contributed by atoms with Crippen LogP contribution in [0.5, 0.6) is 0 Å². The highest BCUT2D eigenvalue weighted by atomic mass is 79.9. The molecule has 1 N–H and O–H groups in total. The van der Waals surface area contributed by atoms with Crippen molar-refractivity contribution in [3.8, 4) is 28.1 Å². The molecule has 0 saturated heterocycles. The number of fused-ring (bicyclic) bond motifs is 1. The quantitative estimate of drug-likeness (QED) is 0.164. The van der Waals surface area contributed by atoms with Crippen LogP contribution in [0.3, 0.4) is 0 Å². The van der Waals surface area contributed by atoms with Crippen molar-refractivity contribution in [1.29, 1.82) is 0 Å². The molecule has 0 saturated carbocycles. The minimum atomic E-state index is -0.429.